The van der Waals surface area contributed by atoms with Crippen molar-refractivity contribution in [3.8, 4) is 0 Å². The van der Waals surface area contributed by atoms with E-state index < -0.39 is 5.82 Å². The summed E-state index contributed by atoms with van der Waals surface area (Å²) in [6, 6.07) is 7.58. The summed E-state index contributed by atoms with van der Waals surface area (Å²) in [5, 5.41) is 16.5. The highest BCUT2D eigenvalue weighted by atomic mass is 35.5. The first kappa shape index (κ1) is 21.7. The molecule has 4 rings (SSSR count). The van der Waals surface area contributed by atoms with E-state index in [2.05, 4.69) is 34.2 Å². The topological polar surface area (TPSA) is 73.1 Å². The van der Waals surface area contributed by atoms with Gasteiger partial charge in [-0.25, -0.2) is 9.37 Å². The maximum absolute atomic E-state index is 13.5. The van der Waals surface area contributed by atoms with Crippen LogP contribution < -0.4 is 5.32 Å². The van der Waals surface area contributed by atoms with E-state index in [-0.39, 0.29) is 5.02 Å². The molecule has 1 aromatic carbocycles. The van der Waals surface area contributed by atoms with E-state index in [9.17, 15) is 9.60 Å². The third-order valence-corrected chi connectivity index (χ3v) is 6.08. The molecule has 0 atom stereocenters. The van der Waals surface area contributed by atoms with Crippen LogP contribution in [0.2, 0.25) is 5.02 Å². The summed E-state index contributed by atoms with van der Waals surface area (Å²) in [5.74, 6) is 1.13. The Morgan fingerprint density at radius 1 is 1.35 bits per heavy atom. The number of aromatic nitrogens is 1. The smallest absolute Gasteiger partial charge is 0.141 e. The predicted molar refractivity (Wildman–Crippen MR) is 122 cm³/mol. The minimum Gasteiger partial charge on any atom is -0.411 e. The van der Waals surface area contributed by atoms with E-state index in [1.807, 2.05) is 6.07 Å². The van der Waals surface area contributed by atoms with Crippen LogP contribution in [0.1, 0.15) is 43.4 Å². The van der Waals surface area contributed by atoms with Crippen molar-refractivity contribution in [2.75, 3.05) is 18.4 Å². The van der Waals surface area contributed by atoms with Gasteiger partial charge in [0.1, 0.15) is 17.5 Å². The summed E-state index contributed by atoms with van der Waals surface area (Å²) >= 11 is 5.90. The lowest BCUT2D eigenvalue weighted by molar-refractivity contribution is 0.218. The van der Waals surface area contributed by atoms with E-state index in [0.29, 0.717) is 30.6 Å². The maximum Gasteiger partial charge on any atom is 0.141 e. The van der Waals surface area contributed by atoms with Gasteiger partial charge in [-0.05, 0) is 50.5 Å². The highest BCUT2D eigenvalue weighted by Crippen LogP contribution is 2.29. The van der Waals surface area contributed by atoms with Crippen LogP contribution in [0, 0.1) is 5.82 Å². The number of nitrogens with zero attached hydrogens (tertiary/aromatic N) is 4. The molecule has 0 radical (unpaired) electrons. The predicted octanol–water partition coefficient (Wildman–Crippen LogP) is 4.53. The van der Waals surface area contributed by atoms with Crippen LogP contribution >= 0.6 is 11.6 Å². The normalized spacial score (nSPS) is 17.5. The number of hydrogen-bond donors (Lipinski definition) is 2. The Morgan fingerprint density at radius 2 is 2.16 bits per heavy atom. The van der Waals surface area contributed by atoms with Crippen LogP contribution in [0.25, 0.3) is 0 Å². The van der Waals surface area contributed by atoms with Gasteiger partial charge in [-0.15, -0.1) is 0 Å². The molecule has 0 unspecified atom stereocenters. The Labute approximate surface area is 186 Å². The van der Waals surface area contributed by atoms with Crippen molar-refractivity contribution >= 4 is 29.0 Å². The molecule has 0 spiro atoms. The van der Waals surface area contributed by atoms with Crippen LogP contribution in [0.5, 0.6) is 0 Å². The quantitative estimate of drug-likeness (QED) is 0.357. The van der Waals surface area contributed by atoms with Crippen molar-refractivity contribution in [1.82, 2.24) is 9.88 Å². The van der Waals surface area contributed by atoms with Crippen molar-refractivity contribution in [1.29, 1.82) is 0 Å². The van der Waals surface area contributed by atoms with E-state index >= 15 is 0 Å². The van der Waals surface area contributed by atoms with Crippen molar-refractivity contribution in [2.24, 2.45) is 10.1 Å². The second-order valence-corrected chi connectivity index (χ2v) is 8.76. The van der Waals surface area contributed by atoms with Crippen LogP contribution in [0.4, 0.5) is 10.2 Å². The zero-order valence-corrected chi connectivity index (χ0v) is 18.5. The Hall–Kier alpha value is -2.51. The number of benzene rings is 1. The van der Waals surface area contributed by atoms with Gasteiger partial charge in [-0.1, -0.05) is 22.8 Å². The lowest BCUT2D eigenvalue weighted by atomic mass is 9.98. The van der Waals surface area contributed by atoms with Crippen LogP contribution in [-0.4, -0.2) is 51.8 Å². The number of oxime groups is 1. The second kappa shape index (κ2) is 9.32. The molecule has 2 aliphatic rings. The fourth-order valence-corrected chi connectivity index (χ4v) is 4.29. The first-order valence-corrected chi connectivity index (χ1v) is 11.0. The molecule has 0 saturated heterocycles. The van der Waals surface area contributed by atoms with Gasteiger partial charge in [0.15, 0.2) is 0 Å². The van der Waals surface area contributed by atoms with E-state index in [1.165, 1.54) is 18.9 Å². The highest BCUT2D eigenvalue weighted by molar-refractivity contribution is 6.30. The molecule has 0 amide bonds. The average Bonchev–Trinajstić information content (AvgIpc) is 3.49. The Kier molecular flexibility index (Phi) is 6.53. The van der Waals surface area contributed by atoms with Crippen LogP contribution in [0.15, 0.2) is 40.6 Å². The number of amidine groups is 1. The van der Waals surface area contributed by atoms with Gasteiger partial charge in [-0.2, -0.15) is 0 Å². The third kappa shape index (κ3) is 5.05. The van der Waals surface area contributed by atoms with E-state index in [4.69, 9.17) is 16.6 Å². The lowest BCUT2D eigenvalue weighted by Gasteiger charge is -2.25. The fraction of sp³-hybridized carbons (Fsp3) is 0.435. The number of rotatable bonds is 8. The lowest BCUT2D eigenvalue weighted by Crippen LogP contribution is -2.35. The highest BCUT2D eigenvalue weighted by Gasteiger charge is 2.30. The Balaban J connectivity index is 1.47. The van der Waals surface area contributed by atoms with E-state index in [1.54, 1.807) is 18.3 Å². The summed E-state index contributed by atoms with van der Waals surface area (Å²) in [7, 11) is 0. The molecule has 1 aliphatic heterocycles. The first-order chi connectivity index (χ1) is 15.0. The fourth-order valence-electron chi connectivity index (χ4n) is 4.09. The number of nitrogens with one attached hydrogen (secondary N) is 1. The van der Waals surface area contributed by atoms with Gasteiger partial charge in [0.25, 0.3) is 0 Å². The van der Waals surface area contributed by atoms with Crippen LogP contribution in [-0.2, 0) is 12.8 Å². The molecular formula is C23H27ClFN5O. The van der Waals surface area contributed by atoms with Crippen molar-refractivity contribution in [2.45, 2.75) is 51.6 Å². The van der Waals surface area contributed by atoms with E-state index in [0.717, 1.165) is 41.4 Å². The molecule has 8 heteroatoms. The molecule has 1 aromatic heterocycles. The molecule has 164 valence electrons. The van der Waals surface area contributed by atoms with Gasteiger partial charge in [0, 0.05) is 48.8 Å². The monoisotopic (exact) mass is 443 g/mol. The summed E-state index contributed by atoms with van der Waals surface area (Å²) in [4.78, 5) is 11.7. The Bertz CT molecular complexity index is 1020. The Morgan fingerprint density at radius 3 is 2.84 bits per heavy atom. The van der Waals surface area contributed by atoms with Crippen molar-refractivity contribution in [3.05, 3.63) is 58.0 Å². The molecule has 2 aromatic rings. The number of aliphatic imine (C=N–C) groups is 1. The molecule has 1 aliphatic carbocycles. The summed E-state index contributed by atoms with van der Waals surface area (Å²) in [6.07, 6.45) is 5.18. The standard InChI is InChI=1S/C23H27ClFN5O/c1-14(2)30(16-4-5-16)10-9-26-22-13-18-17(7-8-27-23(18)28-22)21(29-31)12-15-3-6-20(25)19(24)11-15/h3,6-8,11,14,16,31H,4-5,9-10,12-13H2,1-2H3,(H,26,27,28)/b29-21+. The minimum absolute atomic E-state index is 0.0486. The number of fused-ring (bicyclic) bond motifs is 1. The SMILES string of the molecule is CC(C)N(CCN=C1Cc2c(/C(Cc3ccc(F)c(Cl)c3)=N/O)ccnc2N1)C1CC1. The molecule has 6 nitrogen and oxygen atoms in total. The second-order valence-electron chi connectivity index (χ2n) is 8.35. The number of anilines is 1. The third-order valence-electron chi connectivity index (χ3n) is 5.79. The largest absolute Gasteiger partial charge is 0.411 e. The molecule has 2 heterocycles. The molecule has 1 fully saturated rings. The van der Waals surface area contributed by atoms with Crippen molar-refractivity contribution in [3.63, 3.8) is 0 Å². The van der Waals surface area contributed by atoms with Crippen molar-refractivity contribution < 1.29 is 9.60 Å². The summed E-state index contributed by atoms with van der Waals surface area (Å²) in [6.45, 7) is 6.14. The number of halogens is 2. The molecule has 31 heavy (non-hydrogen) atoms. The first-order valence-electron chi connectivity index (χ1n) is 10.7. The number of hydrogen-bond acceptors (Lipinski definition) is 5. The van der Waals surface area contributed by atoms with Gasteiger partial charge in [0.05, 0.1) is 17.3 Å². The summed E-state index contributed by atoms with van der Waals surface area (Å²) in [5.41, 5.74) is 2.99. The van der Waals surface area contributed by atoms with Gasteiger partial charge in [-0.3, -0.25) is 9.89 Å². The molecular weight excluding hydrogens is 417 g/mol. The molecule has 1 saturated carbocycles. The van der Waals surface area contributed by atoms with Gasteiger partial charge in [0.2, 0.25) is 0 Å². The maximum atomic E-state index is 13.5. The van der Waals surface area contributed by atoms with Gasteiger partial charge >= 0.3 is 0 Å². The average molecular weight is 444 g/mol. The zero-order valence-electron chi connectivity index (χ0n) is 17.8. The summed E-state index contributed by atoms with van der Waals surface area (Å²) < 4.78 is 13.5. The van der Waals surface area contributed by atoms with Gasteiger partial charge < -0.3 is 10.5 Å². The zero-order chi connectivity index (χ0) is 22.0. The molecule has 0 bridgehead atoms. The van der Waals surface area contributed by atoms with Crippen LogP contribution in [0.3, 0.4) is 0 Å². The molecule has 2 N–H and O–H groups in total. The number of pyridine rings is 1. The minimum atomic E-state index is -0.472.